The minimum atomic E-state index is 0.0623. The molecule has 6 heteroatoms. The molecule has 2 saturated carbocycles. The molecule has 128 valence electrons. The second-order valence-corrected chi connectivity index (χ2v) is 7.87. The Labute approximate surface area is 141 Å². The number of aryl methyl sites for hydroxylation is 2. The van der Waals surface area contributed by atoms with Gasteiger partial charge in [0.1, 0.15) is 5.76 Å². The predicted octanol–water partition coefficient (Wildman–Crippen LogP) is 3.11. The number of aromatic nitrogens is 3. The zero-order valence-corrected chi connectivity index (χ0v) is 14.4. The van der Waals surface area contributed by atoms with Crippen molar-refractivity contribution >= 4 is 0 Å². The Kier molecular flexibility index (Phi) is 3.14. The summed E-state index contributed by atoms with van der Waals surface area (Å²) in [5.74, 6) is 4.60. The fourth-order valence-corrected chi connectivity index (χ4v) is 4.72. The molecule has 3 aliphatic rings. The van der Waals surface area contributed by atoms with E-state index < -0.39 is 0 Å². The second-order valence-electron chi connectivity index (χ2n) is 7.87. The van der Waals surface area contributed by atoms with Crippen LogP contribution in [0.5, 0.6) is 0 Å². The van der Waals surface area contributed by atoms with Crippen LogP contribution in [0.4, 0.5) is 0 Å². The summed E-state index contributed by atoms with van der Waals surface area (Å²) in [7, 11) is 0. The van der Waals surface area contributed by atoms with Crippen molar-refractivity contribution in [2.45, 2.75) is 63.8 Å². The summed E-state index contributed by atoms with van der Waals surface area (Å²) in [6, 6.07) is 0. The molecule has 2 aromatic rings. The van der Waals surface area contributed by atoms with Crippen molar-refractivity contribution in [2.24, 2.45) is 5.92 Å². The van der Waals surface area contributed by atoms with Crippen LogP contribution in [0.2, 0.25) is 0 Å². The highest BCUT2D eigenvalue weighted by molar-refractivity contribution is 5.19. The van der Waals surface area contributed by atoms with Gasteiger partial charge in [0.05, 0.1) is 11.1 Å². The first-order valence-electron chi connectivity index (χ1n) is 9.13. The Morgan fingerprint density at radius 1 is 1.17 bits per heavy atom. The maximum atomic E-state index is 6.14. The molecule has 24 heavy (non-hydrogen) atoms. The maximum Gasteiger partial charge on any atom is 0.224 e. The third kappa shape index (κ3) is 2.23. The number of likely N-dealkylation sites (tertiary alicyclic amines) is 1. The minimum absolute atomic E-state index is 0.0623. The van der Waals surface area contributed by atoms with Crippen LogP contribution < -0.4 is 0 Å². The molecule has 0 N–H and O–H groups in total. The lowest BCUT2D eigenvalue weighted by molar-refractivity contribution is 0.261. The summed E-state index contributed by atoms with van der Waals surface area (Å²) in [5, 5.41) is 8.82. The van der Waals surface area contributed by atoms with Crippen molar-refractivity contribution in [3.63, 3.8) is 0 Å². The number of fused-ring (bicyclic) bond motifs is 1. The van der Waals surface area contributed by atoms with Gasteiger partial charge in [-0.05, 0) is 38.5 Å². The standard InChI is InChI=1S/C18H24N4O2/c1-11-15(19-12(2)23-11)9-22-8-14-4-3-7-18(14,10-22)17-21-20-16(24-17)13-5-6-13/h13-14H,3-10H2,1-2H3/t14-,18-/m0/s1. The van der Waals surface area contributed by atoms with E-state index in [0.717, 1.165) is 55.2 Å². The van der Waals surface area contributed by atoms with Crippen molar-refractivity contribution in [3.8, 4) is 0 Å². The van der Waals surface area contributed by atoms with E-state index in [4.69, 9.17) is 8.83 Å². The molecule has 1 saturated heterocycles. The van der Waals surface area contributed by atoms with Gasteiger partial charge in [0, 0.05) is 32.5 Å². The molecule has 1 aliphatic heterocycles. The number of hydrogen-bond acceptors (Lipinski definition) is 6. The van der Waals surface area contributed by atoms with E-state index >= 15 is 0 Å². The zero-order chi connectivity index (χ0) is 16.3. The smallest absolute Gasteiger partial charge is 0.224 e. The van der Waals surface area contributed by atoms with Gasteiger partial charge >= 0.3 is 0 Å². The molecule has 3 fully saturated rings. The summed E-state index contributed by atoms with van der Waals surface area (Å²) >= 11 is 0. The normalized spacial score (nSPS) is 30.2. The van der Waals surface area contributed by atoms with Crippen LogP contribution >= 0.6 is 0 Å². The van der Waals surface area contributed by atoms with Crippen LogP contribution in [0.15, 0.2) is 8.83 Å². The summed E-state index contributed by atoms with van der Waals surface area (Å²) < 4.78 is 11.7. The molecule has 0 radical (unpaired) electrons. The average molecular weight is 328 g/mol. The monoisotopic (exact) mass is 328 g/mol. The van der Waals surface area contributed by atoms with Crippen LogP contribution in [0.25, 0.3) is 0 Å². The van der Waals surface area contributed by atoms with Gasteiger partial charge in [-0.1, -0.05) is 6.42 Å². The van der Waals surface area contributed by atoms with E-state index in [9.17, 15) is 0 Å². The zero-order valence-electron chi connectivity index (χ0n) is 14.4. The summed E-state index contributed by atoms with van der Waals surface area (Å²) in [6.07, 6.45) is 6.09. The molecule has 0 unspecified atom stereocenters. The lowest BCUT2D eigenvalue weighted by atomic mass is 9.80. The minimum Gasteiger partial charge on any atom is -0.446 e. The predicted molar refractivity (Wildman–Crippen MR) is 86.5 cm³/mol. The highest BCUT2D eigenvalue weighted by Gasteiger charge is 2.54. The Hall–Kier alpha value is -1.69. The van der Waals surface area contributed by atoms with Crippen molar-refractivity contribution in [2.75, 3.05) is 13.1 Å². The van der Waals surface area contributed by atoms with Crippen molar-refractivity contribution in [3.05, 3.63) is 29.1 Å². The summed E-state index contributed by atoms with van der Waals surface area (Å²) in [6.45, 7) is 6.85. The van der Waals surface area contributed by atoms with Crippen LogP contribution in [0.1, 0.15) is 67.1 Å². The van der Waals surface area contributed by atoms with Gasteiger partial charge in [-0.3, -0.25) is 4.90 Å². The Bertz CT molecular complexity index is 763. The van der Waals surface area contributed by atoms with Crippen molar-refractivity contribution < 1.29 is 8.83 Å². The third-order valence-corrected chi connectivity index (χ3v) is 6.11. The third-order valence-electron chi connectivity index (χ3n) is 6.11. The quantitative estimate of drug-likeness (QED) is 0.859. The van der Waals surface area contributed by atoms with Crippen LogP contribution in [0.3, 0.4) is 0 Å². The molecule has 2 atom stereocenters. The van der Waals surface area contributed by atoms with E-state index in [-0.39, 0.29) is 5.41 Å². The van der Waals surface area contributed by atoms with Crippen molar-refractivity contribution in [1.29, 1.82) is 0 Å². The van der Waals surface area contributed by atoms with Gasteiger partial charge in [0.2, 0.25) is 11.8 Å². The fourth-order valence-electron chi connectivity index (χ4n) is 4.72. The molecule has 0 aromatic carbocycles. The van der Waals surface area contributed by atoms with Crippen molar-refractivity contribution in [1.82, 2.24) is 20.1 Å². The number of oxazole rings is 1. The highest BCUT2D eigenvalue weighted by atomic mass is 16.4. The first-order valence-corrected chi connectivity index (χ1v) is 9.13. The molecule has 6 nitrogen and oxygen atoms in total. The summed E-state index contributed by atoms with van der Waals surface area (Å²) in [4.78, 5) is 7.03. The van der Waals surface area contributed by atoms with E-state index in [1.807, 2.05) is 13.8 Å². The average Bonchev–Trinajstić information content (AvgIpc) is 2.88. The van der Waals surface area contributed by atoms with Gasteiger partial charge in [-0.2, -0.15) is 0 Å². The van der Waals surface area contributed by atoms with Gasteiger partial charge in [0.25, 0.3) is 0 Å². The molecule has 5 rings (SSSR count). The van der Waals surface area contributed by atoms with Gasteiger partial charge < -0.3 is 8.83 Å². The molecule has 0 amide bonds. The molecule has 2 aromatic heterocycles. The van der Waals surface area contributed by atoms with Crippen LogP contribution in [-0.4, -0.2) is 33.2 Å². The highest BCUT2D eigenvalue weighted by Crippen LogP contribution is 2.51. The fraction of sp³-hybridized carbons (Fsp3) is 0.722. The number of hydrogen-bond donors (Lipinski definition) is 0. The van der Waals surface area contributed by atoms with E-state index in [1.54, 1.807) is 0 Å². The van der Waals surface area contributed by atoms with Crippen LogP contribution in [-0.2, 0) is 12.0 Å². The second kappa shape index (κ2) is 5.15. The van der Waals surface area contributed by atoms with Crippen LogP contribution in [0, 0.1) is 19.8 Å². The molecule has 3 heterocycles. The molecule has 0 bridgehead atoms. The first kappa shape index (κ1) is 14.6. The van der Waals surface area contributed by atoms with Gasteiger partial charge in [0.15, 0.2) is 5.89 Å². The van der Waals surface area contributed by atoms with Gasteiger partial charge in [-0.25, -0.2) is 4.98 Å². The molecule has 2 aliphatic carbocycles. The Morgan fingerprint density at radius 2 is 2.04 bits per heavy atom. The van der Waals surface area contributed by atoms with E-state index in [0.29, 0.717) is 11.8 Å². The number of nitrogens with zero attached hydrogens (tertiary/aromatic N) is 4. The Morgan fingerprint density at radius 3 is 2.79 bits per heavy atom. The molecular weight excluding hydrogens is 304 g/mol. The lowest BCUT2D eigenvalue weighted by Crippen LogP contribution is -2.32. The van der Waals surface area contributed by atoms with E-state index in [2.05, 4.69) is 20.1 Å². The Balaban J connectivity index is 1.39. The topological polar surface area (TPSA) is 68.2 Å². The van der Waals surface area contributed by atoms with Gasteiger partial charge in [-0.15, -0.1) is 10.2 Å². The summed E-state index contributed by atoms with van der Waals surface area (Å²) in [5.41, 5.74) is 1.12. The maximum absolute atomic E-state index is 6.14. The first-order chi connectivity index (χ1) is 11.6. The molecule has 0 spiro atoms. The SMILES string of the molecule is Cc1nc(CN2C[C@@H]3CCC[C@]3(c3nnc(C4CC4)o3)C2)c(C)o1. The van der Waals surface area contributed by atoms with E-state index in [1.165, 1.54) is 25.7 Å². The lowest BCUT2D eigenvalue weighted by Gasteiger charge is -2.24. The largest absolute Gasteiger partial charge is 0.446 e. The molecular formula is C18H24N4O2. The number of rotatable bonds is 4.